The summed E-state index contributed by atoms with van der Waals surface area (Å²) >= 11 is 0. The van der Waals surface area contributed by atoms with Crippen LogP contribution in [0, 0.1) is 6.92 Å². The molecule has 0 amide bonds. The summed E-state index contributed by atoms with van der Waals surface area (Å²) in [7, 11) is 1.50. The Morgan fingerprint density at radius 2 is 2.33 bits per heavy atom. The summed E-state index contributed by atoms with van der Waals surface area (Å²) in [5.41, 5.74) is 0.723. The molecular formula is C11H14O4. The van der Waals surface area contributed by atoms with E-state index in [1.54, 1.807) is 26.0 Å². The first-order valence-electron chi connectivity index (χ1n) is 4.57. The predicted molar refractivity (Wildman–Crippen MR) is 57.0 cm³/mol. The molecule has 0 aromatic carbocycles. The van der Waals surface area contributed by atoms with Gasteiger partial charge in [0.15, 0.2) is 0 Å². The second-order valence-corrected chi connectivity index (χ2v) is 3.16. The normalized spacial score (nSPS) is 11.6. The van der Waals surface area contributed by atoms with Gasteiger partial charge in [-0.1, -0.05) is 6.08 Å². The Morgan fingerprint density at radius 1 is 1.67 bits per heavy atom. The van der Waals surface area contributed by atoms with Crippen molar-refractivity contribution >= 4 is 5.57 Å². The van der Waals surface area contributed by atoms with Gasteiger partial charge in [-0.15, -0.1) is 0 Å². The molecule has 0 atom stereocenters. The minimum absolute atomic E-state index is 0.0915. The number of rotatable bonds is 3. The van der Waals surface area contributed by atoms with E-state index in [-0.39, 0.29) is 6.61 Å². The van der Waals surface area contributed by atoms with Gasteiger partial charge in [0.05, 0.1) is 19.3 Å². The van der Waals surface area contributed by atoms with Crippen molar-refractivity contribution < 1.29 is 14.3 Å². The zero-order valence-electron chi connectivity index (χ0n) is 9.03. The van der Waals surface area contributed by atoms with Crippen molar-refractivity contribution in [3.63, 3.8) is 0 Å². The fourth-order valence-electron chi connectivity index (χ4n) is 1.18. The molecular weight excluding hydrogens is 196 g/mol. The Balaban J connectivity index is 3.29. The van der Waals surface area contributed by atoms with Crippen molar-refractivity contribution in [2.45, 2.75) is 13.8 Å². The lowest BCUT2D eigenvalue weighted by Gasteiger charge is -2.05. The zero-order chi connectivity index (χ0) is 11.4. The molecule has 82 valence electrons. The van der Waals surface area contributed by atoms with Crippen molar-refractivity contribution in [3.8, 4) is 5.75 Å². The molecule has 0 fully saturated rings. The van der Waals surface area contributed by atoms with Gasteiger partial charge in [-0.3, -0.25) is 0 Å². The van der Waals surface area contributed by atoms with E-state index in [1.807, 2.05) is 0 Å². The average molecular weight is 210 g/mol. The van der Waals surface area contributed by atoms with Crippen LogP contribution < -0.4 is 10.4 Å². The largest absolute Gasteiger partial charge is 0.496 e. The molecule has 1 aromatic heterocycles. The molecule has 1 rings (SSSR count). The van der Waals surface area contributed by atoms with Crippen LogP contribution in [0.15, 0.2) is 21.4 Å². The second-order valence-electron chi connectivity index (χ2n) is 3.16. The zero-order valence-corrected chi connectivity index (χ0v) is 9.03. The standard InChI is InChI=1S/C11H14O4/c1-7(4-5-12)9-6-10(14-3)8(2)11(13)15-9/h4,6,12H,5H2,1-3H3. The number of hydrogen-bond donors (Lipinski definition) is 1. The van der Waals surface area contributed by atoms with Crippen LogP contribution in [0.5, 0.6) is 5.75 Å². The molecule has 1 aromatic rings. The van der Waals surface area contributed by atoms with Crippen LogP contribution in [0.2, 0.25) is 0 Å². The van der Waals surface area contributed by atoms with Gasteiger partial charge in [-0.2, -0.15) is 0 Å². The van der Waals surface area contributed by atoms with Gasteiger partial charge < -0.3 is 14.3 Å². The number of ether oxygens (including phenoxy) is 1. The number of methoxy groups -OCH3 is 1. The molecule has 0 spiro atoms. The highest BCUT2D eigenvalue weighted by atomic mass is 16.5. The van der Waals surface area contributed by atoms with Gasteiger partial charge in [0, 0.05) is 6.07 Å². The molecule has 1 N–H and O–H groups in total. The molecule has 0 unspecified atom stereocenters. The third-order valence-corrected chi connectivity index (χ3v) is 2.15. The first kappa shape index (κ1) is 11.5. The lowest BCUT2D eigenvalue weighted by molar-refractivity contribution is 0.342. The Hall–Kier alpha value is -1.55. The fraction of sp³-hybridized carbons (Fsp3) is 0.364. The number of aliphatic hydroxyl groups is 1. The highest BCUT2D eigenvalue weighted by Crippen LogP contribution is 2.20. The Labute approximate surface area is 87.8 Å². The van der Waals surface area contributed by atoms with E-state index in [1.165, 1.54) is 7.11 Å². The summed E-state index contributed by atoms with van der Waals surface area (Å²) in [6, 6.07) is 1.64. The molecule has 15 heavy (non-hydrogen) atoms. The molecule has 0 radical (unpaired) electrons. The quantitative estimate of drug-likeness (QED) is 0.818. The molecule has 1 heterocycles. The Kier molecular flexibility index (Phi) is 3.68. The first-order chi connectivity index (χ1) is 7.10. The third-order valence-electron chi connectivity index (χ3n) is 2.15. The number of allylic oxidation sites excluding steroid dienone is 1. The van der Waals surface area contributed by atoms with E-state index in [4.69, 9.17) is 14.3 Å². The SMILES string of the molecule is COc1cc(C(C)=CCO)oc(=O)c1C. The third kappa shape index (κ3) is 2.47. The van der Waals surface area contributed by atoms with Gasteiger partial charge >= 0.3 is 5.63 Å². The Morgan fingerprint density at radius 3 is 2.87 bits per heavy atom. The summed E-state index contributed by atoms with van der Waals surface area (Å²) in [5.74, 6) is 0.906. The smallest absolute Gasteiger partial charge is 0.342 e. The van der Waals surface area contributed by atoms with Crippen LogP contribution in [0.25, 0.3) is 5.57 Å². The summed E-state index contributed by atoms with van der Waals surface area (Å²) in [6.45, 7) is 3.30. The van der Waals surface area contributed by atoms with Gasteiger partial charge in [0.2, 0.25) is 0 Å². The monoisotopic (exact) mass is 210 g/mol. The van der Waals surface area contributed by atoms with E-state index in [0.717, 1.165) is 0 Å². The first-order valence-corrected chi connectivity index (χ1v) is 4.57. The van der Waals surface area contributed by atoms with Crippen LogP contribution in [-0.2, 0) is 0 Å². The maximum absolute atomic E-state index is 11.4. The molecule has 0 aliphatic heterocycles. The van der Waals surface area contributed by atoms with Gasteiger partial charge in [0.1, 0.15) is 11.5 Å². The maximum Gasteiger partial charge on any atom is 0.342 e. The highest BCUT2D eigenvalue weighted by Gasteiger charge is 2.08. The topological polar surface area (TPSA) is 59.7 Å². The van der Waals surface area contributed by atoms with Crippen LogP contribution in [0.1, 0.15) is 18.2 Å². The van der Waals surface area contributed by atoms with Crippen LogP contribution in [0.3, 0.4) is 0 Å². The maximum atomic E-state index is 11.4. The van der Waals surface area contributed by atoms with Crippen LogP contribution in [-0.4, -0.2) is 18.8 Å². The van der Waals surface area contributed by atoms with Crippen LogP contribution in [0.4, 0.5) is 0 Å². The number of hydrogen-bond acceptors (Lipinski definition) is 4. The average Bonchev–Trinajstić information content (AvgIpc) is 2.22. The van der Waals surface area contributed by atoms with Crippen molar-refractivity contribution in [1.29, 1.82) is 0 Å². The van der Waals surface area contributed by atoms with Gasteiger partial charge in [0.25, 0.3) is 0 Å². The Bertz CT molecular complexity index is 429. The molecule has 0 bridgehead atoms. The summed E-state index contributed by atoms with van der Waals surface area (Å²) in [5, 5.41) is 8.72. The minimum Gasteiger partial charge on any atom is -0.496 e. The van der Waals surface area contributed by atoms with Crippen molar-refractivity contribution in [1.82, 2.24) is 0 Å². The summed E-state index contributed by atoms with van der Waals surface area (Å²) in [6.07, 6.45) is 1.56. The van der Waals surface area contributed by atoms with Gasteiger partial charge in [-0.05, 0) is 19.4 Å². The minimum atomic E-state index is -0.421. The van der Waals surface area contributed by atoms with E-state index in [0.29, 0.717) is 22.6 Å². The summed E-state index contributed by atoms with van der Waals surface area (Å²) in [4.78, 5) is 11.4. The van der Waals surface area contributed by atoms with Crippen LogP contribution >= 0.6 is 0 Å². The van der Waals surface area contributed by atoms with E-state index in [9.17, 15) is 4.79 Å². The predicted octanol–water partition coefficient (Wildman–Crippen LogP) is 1.35. The molecule has 0 aliphatic carbocycles. The van der Waals surface area contributed by atoms with Crippen molar-refractivity contribution in [2.75, 3.05) is 13.7 Å². The molecule has 4 nitrogen and oxygen atoms in total. The van der Waals surface area contributed by atoms with Crippen molar-refractivity contribution in [3.05, 3.63) is 33.9 Å². The lowest BCUT2D eigenvalue weighted by Crippen LogP contribution is -2.06. The molecule has 0 saturated heterocycles. The van der Waals surface area contributed by atoms with Crippen molar-refractivity contribution in [2.24, 2.45) is 0 Å². The fourth-order valence-corrected chi connectivity index (χ4v) is 1.18. The lowest BCUT2D eigenvalue weighted by atomic mass is 10.2. The second kappa shape index (κ2) is 4.79. The molecule has 0 saturated carbocycles. The highest BCUT2D eigenvalue weighted by molar-refractivity contribution is 5.60. The molecule has 4 heteroatoms. The van der Waals surface area contributed by atoms with Gasteiger partial charge in [-0.25, -0.2) is 4.79 Å². The van der Waals surface area contributed by atoms with E-state index < -0.39 is 5.63 Å². The van der Waals surface area contributed by atoms with E-state index >= 15 is 0 Å². The molecule has 0 aliphatic rings. The summed E-state index contributed by atoms with van der Waals surface area (Å²) < 4.78 is 10.1. The van der Waals surface area contributed by atoms with E-state index in [2.05, 4.69) is 0 Å². The number of aliphatic hydroxyl groups excluding tert-OH is 1.